The number of hydrogen-bond donors (Lipinski definition) is 2. The van der Waals surface area contributed by atoms with E-state index in [2.05, 4.69) is 9.97 Å². The summed E-state index contributed by atoms with van der Waals surface area (Å²) < 4.78 is 1.78. The van der Waals surface area contributed by atoms with Crippen molar-refractivity contribution >= 4 is 11.2 Å². The average Bonchev–Trinajstić information content (AvgIpc) is 2.71. The van der Waals surface area contributed by atoms with Gasteiger partial charge in [-0.05, 0) is 30.3 Å². The minimum atomic E-state index is 0.0752. The number of fused-ring (bicyclic) bond motifs is 1. The Morgan fingerprint density at radius 1 is 1.17 bits per heavy atom. The van der Waals surface area contributed by atoms with Crippen molar-refractivity contribution in [1.82, 2.24) is 14.5 Å². The number of hydrogen-bond acceptors (Lipinski definition) is 4. The van der Waals surface area contributed by atoms with E-state index in [0.717, 1.165) is 11.2 Å². The molecular formula is C13H11N3O2. The van der Waals surface area contributed by atoms with Gasteiger partial charge in [0.15, 0.2) is 5.65 Å². The average molecular weight is 241 g/mol. The summed E-state index contributed by atoms with van der Waals surface area (Å²) in [5, 5.41) is 19.4. The maximum Gasteiger partial charge on any atom is 0.160 e. The fourth-order valence-corrected chi connectivity index (χ4v) is 1.97. The van der Waals surface area contributed by atoms with Gasteiger partial charge in [0, 0.05) is 13.2 Å². The van der Waals surface area contributed by atoms with Crippen molar-refractivity contribution in [2.75, 3.05) is 0 Å². The van der Waals surface area contributed by atoms with Crippen LogP contribution in [0.5, 0.6) is 11.5 Å². The third-order valence-corrected chi connectivity index (χ3v) is 2.85. The predicted molar refractivity (Wildman–Crippen MR) is 67.3 cm³/mol. The lowest BCUT2D eigenvalue weighted by atomic mass is 10.2. The maximum absolute atomic E-state index is 9.85. The summed E-state index contributed by atoms with van der Waals surface area (Å²) in [6.07, 6.45) is 1.69. The smallest absolute Gasteiger partial charge is 0.160 e. The molecule has 0 amide bonds. The zero-order chi connectivity index (χ0) is 12.7. The van der Waals surface area contributed by atoms with E-state index in [-0.39, 0.29) is 11.5 Å². The van der Waals surface area contributed by atoms with Gasteiger partial charge in [0.25, 0.3) is 0 Å². The van der Waals surface area contributed by atoms with Crippen LogP contribution < -0.4 is 0 Å². The van der Waals surface area contributed by atoms with Gasteiger partial charge in [-0.15, -0.1) is 0 Å². The number of phenolic OH excluding ortho intramolecular Hbond substituents is 2. The van der Waals surface area contributed by atoms with Crippen molar-refractivity contribution in [3.8, 4) is 22.9 Å². The lowest BCUT2D eigenvalue weighted by molar-refractivity contribution is 0.461. The van der Waals surface area contributed by atoms with E-state index in [0.29, 0.717) is 11.4 Å². The summed E-state index contributed by atoms with van der Waals surface area (Å²) in [5.74, 6) is 0.728. The van der Waals surface area contributed by atoms with Crippen molar-refractivity contribution in [2.45, 2.75) is 0 Å². The number of phenols is 2. The quantitative estimate of drug-likeness (QED) is 0.639. The summed E-state index contributed by atoms with van der Waals surface area (Å²) in [4.78, 5) is 8.65. The Morgan fingerprint density at radius 2 is 2.00 bits per heavy atom. The van der Waals surface area contributed by atoms with Crippen LogP contribution in [0.15, 0.2) is 36.5 Å². The van der Waals surface area contributed by atoms with Crippen molar-refractivity contribution in [3.63, 3.8) is 0 Å². The minimum Gasteiger partial charge on any atom is -0.508 e. The number of rotatable bonds is 1. The molecule has 0 aliphatic carbocycles. The highest BCUT2D eigenvalue weighted by atomic mass is 16.3. The van der Waals surface area contributed by atoms with Crippen LogP contribution in [0.4, 0.5) is 0 Å². The summed E-state index contributed by atoms with van der Waals surface area (Å²) in [6, 6.07) is 8.01. The highest BCUT2D eigenvalue weighted by molar-refractivity contribution is 5.79. The molecule has 0 saturated carbocycles. The number of aromatic hydroxyl groups is 2. The van der Waals surface area contributed by atoms with Gasteiger partial charge in [-0.3, -0.25) is 0 Å². The molecule has 0 atom stereocenters. The van der Waals surface area contributed by atoms with E-state index < -0.39 is 0 Å². The molecule has 90 valence electrons. The van der Waals surface area contributed by atoms with Gasteiger partial charge in [0.1, 0.15) is 22.8 Å². The number of aromatic nitrogens is 3. The van der Waals surface area contributed by atoms with Gasteiger partial charge in [-0.25, -0.2) is 9.97 Å². The zero-order valence-corrected chi connectivity index (χ0v) is 9.70. The largest absolute Gasteiger partial charge is 0.508 e. The Labute approximate surface area is 103 Å². The summed E-state index contributed by atoms with van der Waals surface area (Å²) in [6.45, 7) is 0. The van der Waals surface area contributed by atoms with Gasteiger partial charge >= 0.3 is 0 Å². The number of pyridine rings is 1. The molecule has 0 unspecified atom stereocenters. The Balaban J connectivity index is 2.31. The highest BCUT2D eigenvalue weighted by Gasteiger charge is 2.14. The molecular weight excluding hydrogens is 230 g/mol. The zero-order valence-electron chi connectivity index (χ0n) is 9.70. The number of benzene rings is 1. The van der Waals surface area contributed by atoms with Crippen LogP contribution in [-0.4, -0.2) is 24.7 Å². The van der Waals surface area contributed by atoms with Crippen LogP contribution in [0.3, 0.4) is 0 Å². The Kier molecular flexibility index (Phi) is 2.19. The molecule has 5 heteroatoms. The Hall–Kier alpha value is -2.56. The molecule has 2 N–H and O–H groups in total. The second-order valence-electron chi connectivity index (χ2n) is 4.04. The van der Waals surface area contributed by atoms with Crippen molar-refractivity contribution in [2.24, 2.45) is 7.05 Å². The second-order valence-corrected chi connectivity index (χ2v) is 4.04. The molecule has 18 heavy (non-hydrogen) atoms. The normalized spacial score (nSPS) is 10.9. The number of nitrogens with zero attached hydrogens (tertiary/aromatic N) is 3. The van der Waals surface area contributed by atoms with E-state index >= 15 is 0 Å². The molecule has 0 aliphatic rings. The van der Waals surface area contributed by atoms with E-state index in [4.69, 9.17) is 0 Å². The monoisotopic (exact) mass is 241 g/mol. The van der Waals surface area contributed by atoms with Gasteiger partial charge < -0.3 is 14.8 Å². The minimum absolute atomic E-state index is 0.0752. The molecule has 0 radical (unpaired) electrons. The fourth-order valence-electron chi connectivity index (χ4n) is 1.97. The lowest BCUT2D eigenvalue weighted by Crippen LogP contribution is -1.93. The molecule has 5 nitrogen and oxygen atoms in total. The van der Waals surface area contributed by atoms with Crippen LogP contribution >= 0.6 is 0 Å². The molecule has 3 rings (SSSR count). The Morgan fingerprint density at radius 3 is 2.78 bits per heavy atom. The fraction of sp³-hybridized carbons (Fsp3) is 0.0769. The molecule has 2 aromatic heterocycles. The van der Waals surface area contributed by atoms with Gasteiger partial charge in [-0.1, -0.05) is 0 Å². The first-order valence-corrected chi connectivity index (χ1v) is 5.46. The molecule has 0 spiro atoms. The van der Waals surface area contributed by atoms with Crippen molar-refractivity contribution in [3.05, 3.63) is 36.5 Å². The number of imidazole rings is 1. The summed E-state index contributed by atoms with van der Waals surface area (Å²) >= 11 is 0. The van der Waals surface area contributed by atoms with E-state index in [1.807, 2.05) is 13.1 Å². The molecule has 0 fully saturated rings. The molecule has 0 saturated heterocycles. The molecule has 2 heterocycles. The molecule has 3 aromatic rings. The van der Waals surface area contributed by atoms with Crippen LogP contribution in [0.2, 0.25) is 0 Å². The standard InChI is InChI=1S/C13H11N3O2/c1-16-12(9-7-8(17)4-5-11(9)18)15-10-3-2-6-14-13(10)16/h2-7,17-18H,1H3. The van der Waals surface area contributed by atoms with Crippen LogP contribution in [0.25, 0.3) is 22.6 Å². The van der Waals surface area contributed by atoms with Crippen LogP contribution in [0, 0.1) is 0 Å². The first-order valence-electron chi connectivity index (χ1n) is 5.46. The Bertz CT molecular complexity index is 734. The van der Waals surface area contributed by atoms with Crippen molar-refractivity contribution in [1.29, 1.82) is 0 Å². The summed E-state index contributed by atoms with van der Waals surface area (Å²) in [7, 11) is 1.82. The molecule has 0 bridgehead atoms. The third kappa shape index (κ3) is 1.48. The van der Waals surface area contributed by atoms with Gasteiger partial charge in [-0.2, -0.15) is 0 Å². The van der Waals surface area contributed by atoms with E-state index in [9.17, 15) is 10.2 Å². The van der Waals surface area contributed by atoms with E-state index in [1.165, 1.54) is 18.2 Å². The lowest BCUT2D eigenvalue weighted by Gasteiger charge is -2.05. The first-order chi connectivity index (χ1) is 8.66. The van der Waals surface area contributed by atoms with E-state index in [1.54, 1.807) is 16.8 Å². The second kappa shape index (κ2) is 3.73. The third-order valence-electron chi connectivity index (χ3n) is 2.85. The number of aryl methyl sites for hydroxylation is 1. The van der Waals surface area contributed by atoms with Crippen LogP contribution in [-0.2, 0) is 7.05 Å². The van der Waals surface area contributed by atoms with Crippen LogP contribution in [0.1, 0.15) is 0 Å². The maximum atomic E-state index is 9.85. The van der Waals surface area contributed by atoms with Crippen molar-refractivity contribution < 1.29 is 10.2 Å². The first kappa shape index (κ1) is 10.6. The molecule has 0 aliphatic heterocycles. The van der Waals surface area contributed by atoms with Gasteiger partial charge in [0.05, 0.1) is 5.56 Å². The highest BCUT2D eigenvalue weighted by Crippen LogP contribution is 2.32. The molecule has 1 aromatic carbocycles. The van der Waals surface area contributed by atoms with Gasteiger partial charge in [0.2, 0.25) is 0 Å². The topological polar surface area (TPSA) is 71.2 Å². The SMILES string of the molecule is Cn1c(-c2cc(O)ccc2O)nc2cccnc21. The summed E-state index contributed by atoms with van der Waals surface area (Å²) in [5.41, 5.74) is 1.96. The predicted octanol–water partition coefficient (Wildman–Crippen LogP) is 2.05.